The zero-order chi connectivity index (χ0) is 17.1. The van der Waals surface area contributed by atoms with Gasteiger partial charge >= 0.3 is 0 Å². The predicted molar refractivity (Wildman–Crippen MR) is 92.7 cm³/mol. The number of aliphatic hydroxyl groups excluding tert-OH is 1. The minimum absolute atomic E-state index is 0.0483. The van der Waals surface area contributed by atoms with E-state index in [1.54, 1.807) is 36.2 Å². The zero-order valence-electron chi connectivity index (χ0n) is 14.2. The molecule has 2 atom stereocenters. The van der Waals surface area contributed by atoms with Gasteiger partial charge in [0.05, 0.1) is 6.10 Å². The molecule has 0 bridgehead atoms. The Kier molecular flexibility index (Phi) is 5.19. The Bertz CT molecular complexity index is 595. The van der Waals surface area contributed by atoms with E-state index in [0.29, 0.717) is 12.1 Å². The molecule has 2 aliphatic carbocycles. The number of benzene rings is 1. The van der Waals surface area contributed by atoms with Crippen LogP contribution in [0.5, 0.6) is 0 Å². The molecule has 0 spiro atoms. The highest BCUT2D eigenvalue weighted by Crippen LogP contribution is 2.30. The molecule has 0 heterocycles. The molecule has 2 fully saturated rings. The summed E-state index contributed by atoms with van der Waals surface area (Å²) in [5, 5.41) is 12.9. The van der Waals surface area contributed by atoms with Gasteiger partial charge in [-0.25, -0.2) is 0 Å². The van der Waals surface area contributed by atoms with Gasteiger partial charge < -0.3 is 15.3 Å². The van der Waals surface area contributed by atoms with Gasteiger partial charge in [-0.15, -0.1) is 0 Å². The van der Waals surface area contributed by atoms with Crippen LogP contribution in [0.25, 0.3) is 0 Å². The van der Waals surface area contributed by atoms with Crippen LogP contribution in [0, 0.1) is 11.8 Å². The van der Waals surface area contributed by atoms with Crippen molar-refractivity contribution in [1.29, 1.82) is 0 Å². The van der Waals surface area contributed by atoms with Crippen LogP contribution in [0.2, 0.25) is 0 Å². The Hall–Kier alpha value is -1.88. The molecular weight excluding hydrogens is 304 g/mol. The molecule has 5 heteroatoms. The molecule has 2 amide bonds. The van der Waals surface area contributed by atoms with Crippen LogP contribution >= 0.6 is 0 Å². The number of hydrogen-bond acceptors (Lipinski definition) is 3. The number of rotatable bonds is 5. The number of aliphatic hydroxyl groups is 1. The highest BCUT2D eigenvalue weighted by molar-refractivity contribution is 5.96. The van der Waals surface area contributed by atoms with E-state index < -0.39 is 0 Å². The molecule has 2 unspecified atom stereocenters. The summed E-state index contributed by atoms with van der Waals surface area (Å²) < 4.78 is 0. The van der Waals surface area contributed by atoms with E-state index in [0.717, 1.165) is 44.2 Å². The van der Waals surface area contributed by atoms with E-state index in [2.05, 4.69) is 5.32 Å². The molecule has 1 aromatic rings. The van der Waals surface area contributed by atoms with Crippen LogP contribution in [0.3, 0.4) is 0 Å². The number of nitrogens with one attached hydrogen (secondary N) is 1. The average molecular weight is 330 g/mol. The van der Waals surface area contributed by atoms with Crippen molar-refractivity contribution in [2.24, 2.45) is 11.8 Å². The van der Waals surface area contributed by atoms with Gasteiger partial charge in [-0.2, -0.15) is 0 Å². The molecule has 3 rings (SSSR count). The Morgan fingerprint density at radius 3 is 2.42 bits per heavy atom. The minimum Gasteiger partial charge on any atom is -0.393 e. The van der Waals surface area contributed by atoms with Crippen molar-refractivity contribution in [2.75, 3.05) is 18.9 Å². The van der Waals surface area contributed by atoms with Crippen molar-refractivity contribution in [3.8, 4) is 0 Å². The molecule has 1 aromatic carbocycles. The summed E-state index contributed by atoms with van der Waals surface area (Å²) in [6.07, 6.45) is 5.66. The SMILES string of the molecule is CN(CC1CCCCC1O)C(=O)c1ccc(NC(=O)C2CC2)cc1. The van der Waals surface area contributed by atoms with E-state index in [1.165, 1.54) is 0 Å². The second-order valence-electron chi connectivity index (χ2n) is 7.14. The van der Waals surface area contributed by atoms with Crippen molar-refractivity contribution in [3.05, 3.63) is 29.8 Å². The van der Waals surface area contributed by atoms with Crippen LogP contribution in [0.15, 0.2) is 24.3 Å². The molecule has 0 saturated heterocycles. The summed E-state index contributed by atoms with van der Waals surface area (Å²) in [4.78, 5) is 26.0. The normalized spacial score (nSPS) is 23.6. The molecule has 0 radical (unpaired) electrons. The Labute approximate surface area is 143 Å². The summed E-state index contributed by atoms with van der Waals surface area (Å²) in [7, 11) is 1.78. The number of carbonyl (C=O) groups excluding carboxylic acids is 2. The predicted octanol–water partition coefficient (Wildman–Crippen LogP) is 2.66. The van der Waals surface area contributed by atoms with Crippen molar-refractivity contribution in [2.45, 2.75) is 44.6 Å². The summed E-state index contributed by atoms with van der Waals surface area (Å²) in [6.45, 7) is 0.583. The molecule has 24 heavy (non-hydrogen) atoms. The molecular formula is C19H26N2O3. The number of hydrogen-bond donors (Lipinski definition) is 2. The monoisotopic (exact) mass is 330 g/mol. The molecule has 2 saturated carbocycles. The third kappa shape index (κ3) is 4.15. The number of carbonyl (C=O) groups is 2. The van der Waals surface area contributed by atoms with Crippen LogP contribution in [0.1, 0.15) is 48.9 Å². The quantitative estimate of drug-likeness (QED) is 0.872. The standard InChI is InChI=1S/C19H26N2O3/c1-21(12-15-4-2-3-5-17(15)22)19(24)14-8-10-16(11-9-14)20-18(23)13-6-7-13/h8-11,13,15,17,22H,2-7,12H2,1H3,(H,20,23). The van der Waals surface area contributed by atoms with E-state index in [9.17, 15) is 14.7 Å². The fraction of sp³-hybridized carbons (Fsp3) is 0.579. The molecule has 0 aromatic heterocycles. The number of nitrogens with zero attached hydrogens (tertiary/aromatic N) is 1. The highest BCUT2D eigenvalue weighted by Gasteiger charge is 2.29. The Balaban J connectivity index is 1.56. The fourth-order valence-electron chi connectivity index (χ4n) is 3.34. The van der Waals surface area contributed by atoms with Gasteiger partial charge in [-0.3, -0.25) is 9.59 Å². The first-order valence-electron chi connectivity index (χ1n) is 8.89. The van der Waals surface area contributed by atoms with Crippen molar-refractivity contribution in [1.82, 2.24) is 4.90 Å². The molecule has 5 nitrogen and oxygen atoms in total. The summed E-state index contributed by atoms with van der Waals surface area (Å²) in [5.74, 6) is 0.356. The van der Waals surface area contributed by atoms with Crippen LogP contribution < -0.4 is 5.32 Å². The average Bonchev–Trinajstić information content (AvgIpc) is 3.42. The number of anilines is 1. The largest absolute Gasteiger partial charge is 0.393 e. The smallest absolute Gasteiger partial charge is 0.253 e. The lowest BCUT2D eigenvalue weighted by Crippen LogP contribution is -2.38. The second kappa shape index (κ2) is 7.34. The van der Waals surface area contributed by atoms with E-state index in [1.807, 2.05) is 0 Å². The lowest BCUT2D eigenvalue weighted by Gasteiger charge is -2.31. The third-order valence-electron chi connectivity index (χ3n) is 5.07. The van der Waals surface area contributed by atoms with E-state index in [4.69, 9.17) is 0 Å². The van der Waals surface area contributed by atoms with Crippen LogP contribution in [-0.2, 0) is 4.79 Å². The van der Waals surface area contributed by atoms with E-state index in [-0.39, 0.29) is 29.8 Å². The summed E-state index contributed by atoms with van der Waals surface area (Å²) in [6, 6.07) is 7.05. The van der Waals surface area contributed by atoms with Gasteiger partial charge in [-0.05, 0) is 49.9 Å². The third-order valence-corrected chi connectivity index (χ3v) is 5.07. The second-order valence-corrected chi connectivity index (χ2v) is 7.14. The van der Waals surface area contributed by atoms with Gasteiger partial charge in [0, 0.05) is 36.7 Å². The van der Waals surface area contributed by atoms with Crippen molar-refractivity contribution < 1.29 is 14.7 Å². The summed E-state index contributed by atoms with van der Waals surface area (Å²) >= 11 is 0. The van der Waals surface area contributed by atoms with Crippen molar-refractivity contribution in [3.63, 3.8) is 0 Å². The van der Waals surface area contributed by atoms with Gasteiger partial charge in [0.2, 0.25) is 5.91 Å². The summed E-state index contributed by atoms with van der Waals surface area (Å²) in [5.41, 5.74) is 1.33. The first-order valence-corrected chi connectivity index (χ1v) is 8.89. The Morgan fingerprint density at radius 2 is 1.79 bits per heavy atom. The lowest BCUT2D eigenvalue weighted by atomic mass is 9.86. The first kappa shape index (κ1) is 17.0. The lowest BCUT2D eigenvalue weighted by molar-refractivity contribution is -0.117. The van der Waals surface area contributed by atoms with Crippen LogP contribution in [0.4, 0.5) is 5.69 Å². The maximum Gasteiger partial charge on any atom is 0.253 e. The molecule has 2 aliphatic rings. The molecule has 2 N–H and O–H groups in total. The van der Waals surface area contributed by atoms with Gasteiger partial charge in [0.25, 0.3) is 5.91 Å². The Morgan fingerprint density at radius 1 is 1.12 bits per heavy atom. The van der Waals surface area contributed by atoms with E-state index >= 15 is 0 Å². The maximum atomic E-state index is 12.5. The maximum absolute atomic E-state index is 12.5. The minimum atomic E-state index is -0.297. The number of amides is 2. The van der Waals surface area contributed by atoms with Crippen LogP contribution in [-0.4, -0.2) is 41.5 Å². The van der Waals surface area contributed by atoms with Gasteiger partial charge in [-0.1, -0.05) is 12.8 Å². The fourth-order valence-corrected chi connectivity index (χ4v) is 3.34. The van der Waals surface area contributed by atoms with Crippen molar-refractivity contribution >= 4 is 17.5 Å². The molecule has 130 valence electrons. The van der Waals surface area contributed by atoms with Gasteiger partial charge in [0.15, 0.2) is 0 Å². The van der Waals surface area contributed by atoms with Gasteiger partial charge in [0.1, 0.15) is 0 Å². The zero-order valence-corrected chi connectivity index (χ0v) is 14.2. The highest BCUT2D eigenvalue weighted by atomic mass is 16.3. The molecule has 0 aliphatic heterocycles. The first-order chi connectivity index (χ1) is 11.5. The topological polar surface area (TPSA) is 69.6 Å².